The molecule has 0 radical (unpaired) electrons. The molecule has 4 rings (SSSR count). The van der Waals surface area contributed by atoms with Gasteiger partial charge in [0.05, 0.1) is 0 Å². The molecule has 6 nitrogen and oxygen atoms in total. The molecule has 0 saturated carbocycles. The smallest absolute Gasteiger partial charge is 0.223 e. The number of nitrogens with zero attached hydrogens (tertiary/aromatic N) is 1. The highest BCUT2D eigenvalue weighted by atomic mass is 16.5. The van der Waals surface area contributed by atoms with Crippen molar-refractivity contribution in [2.24, 2.45) is 0 Å². The maximum absolute atomic E-state index is 13.3. The molecule has 0 bridgehead atoms. The largest absolute Gasteiger partial charge is 0.457 e. The van der Waals surface area contributed by atoms with Crippen molar-refractivity contribution in [3.8, 4) is 11.5 Å². The molecule has 3 aromatic rings. The van der Waals surface area contributed by atoms with E-state index in [1.165, 1.54) is 12.5 Å². The number of para-hydroxylation sites is 1. The zero-order chi connectivity index (χ0) is 25.3. The Morgan fingerprint density at radius 2 is 1.75 bits per heavy atom. The first-order valence-electron chi connectivity index (χ1n) is 12.6. The average Bonchev–Trinajstić information content (AvgIpc) is 2.89. The van der Waals surface area contributed by atoms with Crippen molar-refractivity contribution >= 4 is 11.8 Å². The van der Waals surface area contributed by atoms with Crippen LogP contribution in [0.3, 0.4) is 0 Å². The number of piperazine rings is 1. The molecule has 36 heavy (non-hydrogen) atoms. The van der Waals surface area contributed by atoms with Crippen molar-refractivity contribution in [1.82, 2.24) is 15.5 Å². The molecule has 1 atom stereocenters. The summed E-state index contributed by atoms with van der Waals surface area (Å²) in [5.41, 5.74) is 4.26. The van der Waals surface area contributed by atoms with Crippen molar-refractivity contribution in [2.45, 2.75) is 45.7 Å². The molecule has 3 aromatic carbocycles. The van der Waals surface area contributed by atoms with Gasteiger partial charge >= 0.3 is 0 Å². The van der Waals surface area contributed by atoms with Crippen LogP contribution < -0.4 is 15.4 Å². The van der Waals surface area contributed by atoms with Crippen LogP contribution in [0, 0.1) is 6.92 Å². The highest BCUT2D eigenvalue weighted by Gasteiger charge is 2.26. The second kappa shape index (κ2) is 12.4. The van der Waals surface area contributed by atoms with Crippen LogP contribution in [0.1, 0.15) is 35.6 Å². The van der Waals surface area contributed by atoms with Gasteiger partial charge in [0, 0.05) is 51.1 Å². The Kier molecular flexibility index (Phi) is 8.74. The Morgan fingerprint density at radius 3 is 2.56 bits per heavy atom. The first kappa shape index (κ1) is 25.5. The minimum atomic E-state index is -0.0835. The number of hydrogen-bond acceptors (Lipinski definition) is 4. The molecular weight excluding hydrogens is 450 g/mol. The van der Waals surface area contributed by atoms with Gasteiger partial charge in [0.25, 0.3) is 0 Å². The van der Waals surface area contributed by atoms with E-state index in [1.54, 1.807) is 0 Å². The van der Waals surface area contributed by atoms with E-state index in [9.17, 15) is 9.59 Å². The average molecular weight is 486 g/mol. The summed E-state index contributed by atoms with van der Waals surface area (Å²) in [7, 11) is 0. The van der Waals surface area contributed by atoms with Crippen LogP contribution in [0.5, 0.6) is 11.5 Å². The monoisotopic (exact) mass is 485 g/mol. The van der Waals surface area contributed by atoms with Gasteiger partial charge in [-0.25, -0.2) is 0 Å². The van der Waals surface area contributed by atoms with Gasteiger partial charge in [-0.15, -0.1) is 0 Å². The summed E-state index contributed by atoms with van der Waals surface area (Å²) in [6, 6.07) is 24.3. The van der Waals surface area contributed by atoms with Gasteiger partial charge in [0.15, 0.2) is 0 Å². The predicted octanol–water partition coefficient (Wildman–Crippen LogP) is 4.40. The van der Waals surface area contributed by atoms with E-state index < -0.39 is 0 Å². The lowest BCUT2D eigenvalue weighted by molar-refractivity contribution is -0.134. The van der Waals surface area contributed by atoms with E-state index in [4.69, 9.17) is 4.74 Å². The number of ether oxygens (including phenoxy) is 1. The van der Waals surface area contributed by atoms with E-state index in [0.717, 1.165) is 48.5 Å². The number of benzene rings is 3. The Balaban J connectivity index is 1.43. The summed E-state index contributed by atoms with van der Waals surface area (Å²) in [6.45, 7) is 6.28. The van der Waals surface area contributed by atoms with E-state index in [2.05, 4.69) is 22.8 Å². The van der Waals surface area contributed by atoms with Crippen molar-refractivity contribution in [3.05, 3.63) is 95.1 Å². The molecule has 1 fully saturated rings. The fraction of sp³-hybridized carbons (Fsp3) is 0.333. The SMILES string of the molecule is CC(=O)NCc1cc(C)ccc1Oc1ccccc1CCC(=O)N1CCNCC1Cc1ccccc1. The summed E-state index contributed by atoms with van der Waals surface area (Å²) in [5, 5.41) is 6.29. The first-order valence-corrected chi connectivity index (χ1v) is 12.6. The van der Waals surface area contributed by atoms with Gasteiger partial charge < -0.3 is 20.3 Å². The van der Waals surface area contributed by atoms with Gasteiger partial charge in [-0.05, 0) is 43.0 Å². The molecule has 2 amide bonds. The maximum atomic E-state index is 13.3. The third-order valence-electron chi connectivity index (χ3n) is 6.53. The van der Waals surface area contributed by atoms with Crippen molar-refractivity contribution in [3.63, 3.8) is 0 Å². The second-order valence-electron chi connectivity index (χ2n) is 9.37. The van der Waals surface area contributed by atoms with Crippen LogP contribution >= 0.6 is 0 Å². The van der Waals surface area contributed by atoms with Crippen LogP contribution in [0.15, 0.2) is 72.8 Å². The molecule has 1 unspecified atom stereocenters. The quantitative estimate of drug-likeness (QED) is 0.471. The Hall–Kier alpha value is -3.64. The van der Waals surface area contributed by atoms with Gasteiger partial charge in [-0.3, -0.25) is 9.59 Å². The van der Waals surface area contributed by atoms with E-state index in [0.29, 0.717) is 25.1 Å². The molecule has 1 aliphatic rings. The first-order chi connectivity index (χ1) is 17.5. The number of amides is 2. The Bertz CT molecular complexity index is 1180. The maximum Gasteiger partial charge on any atom is 0.223 e. The summed E-state index contributed by atoms with van der Waals surface area (Å²) >= 11 is 0. The second-order valence-corrected chi connectivity index (χ2v) is 9.37. The van der Waals surface area contributed by atoms with Gasteiger partial charge in [0.2, 0.25) is 11.8 Å². The zero-order valence-electron chi connectivity index (χ0n) is 21.1. The standard InChI is InChI=1S/C30H35N3O3/c1-22-12-14-29(26(18-22)20-32-23(2)34)36-28-11-7-6-10-25(28)13-15-30(35)33-17-16-31-21-27(33)19-24-8-4-3-5-9-24/h3-12,14,18,27,31H,13,15-17,19-21H2,1-2H3,(H,32,34). The lowest BCUT2D eigenvalue weighted by Gasteiger charge is -2.36. The minimum absolute atomic E-state index is 0.0835. The normalized spacial score (nSPS) is 15.4. The van der Waals surface area contributed by atoms with Crippen LogP contribution in [-0.2, 0) is 29.0 Å². The number of carbonyl (C=O) groups is 2. The molecule has 1 saturated heterocycles. The minimum Gasteiger partial charge on any atom is -0.457 e. The summed E-state index contributed by atoms with van der Waals surface area (Å²) in [6.07, 6.45) is 1.88. The van der Waals surface area contributed by atoms with Gasteiger partial charge in [0.1, 0.15) is 11.5 Å². The fourth-order valence-corrected chi connectivity index (χ4v) is 4.64. The van der Waals surface area contributed by atoms with Crippen molar-refractivity contribution in [2.75, 3.05) is 19.6 Å². The summed E-state index contributed by atoms with van der Waals surface area (Å²) < 4.78 is 6.32. The number of nitrogens with one attached hydrogen (secondary N) is 2. The Labute approximate surface area is 213 Å². The lowest BCUT2D eigenvalue weighted by Crippen LogP contribution is -2.54. The molecule has 0 spiro atoms. The topological polar surface area (TPSA) is 70.7 Å². The summed E-state index contributed by atoms with van der Waals surface area (Å²) in [4.78, 5) is 26.8. The molecule has 1 aliphatic heterocycles. The third-order valence-corrected chi connectivity index (χ3v) is 6.53. The molecule has 6 heteroatoms. The van der Waals surface area contributed by atoms with Crippen LogP contribution in [-0.4, -0.2) is 42.4 Å². The molecule has 1 heterocycles. The summed E-state index contributed by atoms with van der Waals surface area (Å²) in [5.74, 6) is 1.53. The van der Waals surface area contributed by atoms with E-state index in [1.807, 2.05) is 72.5 Å². The predicted molar refractivity (Wildman–Crippen MR) is 142 cm³/mol. The number of rotatable bonds is 9. The zero-order valence-corrected chi connectivity index (χ0v) is 21.1. The molecule has 0 aliphatic carbocycles. The third kappa shape index (κ3) is 6.95. The van der Waals surface area contributed by atoms with Crippen molar-refractivity contribution < 1.29 is 14.3 Å². The van der Waals surface area contributed by atoms with Crippen LogP contribution in [0.2, 0.25) is 0 Å². The molecule has 0 aromatic heterocycles. The molecular formula is C30H35N3O3. The fourth-order valence-electron chi connectivity index (χ4n) is 4.64. The number of aryl methyl sites for hydroxylation is 2. The number of hydrogen-bond donors (Lipinski definition) is 2. The van der Waals surface area contributed by atoms with Crippen molar-refractivity contribution in [1.29, 1.82) is 0 Å². The molecule has 2 N–H and O–H groups in total. The van der Waals surface area contributed by atoms with Gasteiger partial charge in [-0.1, -0.05) is 66.2 Å². The van der Waals surface area contributed by atoms with Gasteiger partial charge in [-0.2, -0.15) is 0 Å². The van der Waals surface area contributed by atoms with E-state index >= 15 is 0 Å². The highest BCUT2D eigenvalue weighted by molar-refractivity contribution is 5.77. The van der Waals surface area contributed by atoms with E-state index in [-0.39, 0.29) is 17.9 Å². The lowest BCUT2D eigenvalue weighted by atomic mass is 10.0. The highest BCUT2D eigenvalue weighted by Crippen LogP contribution is 2.30. The Morgan fingerprint density at radius 1 is 1.00 bits per heavy atom. The molecule has 188 valence electrons. The number of carbonyl (C=O) groups excluding carboxylic acids is 2. The van der Waals surface area contributed by atoms with Crippen LogP contribution in [0.4, 0.5) is 0 Å². The van der Waals surface area contributed by atoms with Crippen LogP contribution in [0.25, 0.3) is 0 Å².